The van der Waals surface area contributed by atoms with E-state index >= 15 is 0 Å². The molecule has 2 rings (SSSR count). The molecule has 16 heavy (non-hydrogen) atoms. The van der Waals surface area contributed by atoms with Gasteiger partial charge in [0.15, 0.2) is 12.3 Å². The molecule has 2 aromatic rings. The van der Waals surface area contributed by atoms with E-state index in [4.69, 9.17) is 11.2 Å². The number of thiophene rings is 1. The van der Waals surface area contributed by atoms with Gasteiger partial charge in [0.1, 0.15) is 5.01 Å². The summed E-state index contributed by atoms with van der Waals surface area (Å²) < 4.78 is 4.78. The monoisotopic (exact) mass is 249 g/mol. The van der Waals surface area contributed by atoms with Crippen molar-refractivity contribution in [3.05, 3.63) is 27.9 Å². The van der Waals surface area contributed by atoms with Gasteiger partial charge in [-0.3, -0.25) is 0 Å². The van der Waals surface area contributed by atoms with Gasteiger partial charge in [0.05, 0.1) is 0 Å². The Hall–Kier alpha value is -1.64. The topological polar surface area (TPSA) is 39.2 Å². The van der Waals surface area contributed by atoms with Gasteiger partial charge in [-0.25, -0.2) is 9.78 Å². The van der Waals surface area contributed by atoms with Crippen molar-refractivity contribution < 1.29 is 9.53 Å². The first-order valence-electron chi connectivity index (χ1n) is 4.40. The summed E-state index contributed by atoms with van der Waals surface area (Å²) in [7, 11) is 0. The highest BCUT2D eigenvalue weighted by atomic mass is 32.1. The predicted octanol–water partition coefficient (Wildman–Crippen LogP) is 2.66. The molecule has 0 spiro atoms. The lowest BCUT2D eigenvalue weighted by molar-refractivity contribution is 0.0551. The predicted molar refractivity (Wildman–Crippen MR) is 64.5 cm³/mol. The van der Waals surface area contributed by atoms with E-state index in [9.17, 15) is 4.79 Å². The molecule has 0 bridgehead atoms. The molecule has 3 nitrogen and oxygen atoms in total. The van der Waals surface area contributed by atoms with Crippen LogP contribution in [0.4, 0.5) is 0 Å². The Balaban J connectivity index is 2.14. The lowest BCUT2D eigenvalue weighted by atomic mass is 10.3. The highest BCUT2D eigenvalue weighted by molar-refractivity contribution is 7.14. The van der Waals surface area contributed by atoms with Gasteiger partial charge in [-0.1, -0.05) is 5.92 Å². The number of hydrogen-bond acceptors (Lipinski definition) is 5. The van der Waals surface area contributed by atoms with Crippen LogP contribution in [-0.2, 0) is 4.74 Å². The highest BCUT2D eigenvalue weighted by Crippen LogP contribution is 2.25. The van der Waals surface area contributed by atoms with Crippen molar-refractivity contribution in [2.75, 3.05) is 6.61 Å². The summed E-state index contributed by atoms with van der Waals surface area (Å²) in [5.41, 5.74) is 1.33. The van der Waals surface area contributed by atoms with Gasteiger partial charge in [0.25, 0.3) is 0 Å². The molecule has 0 N–H and O–H groups in total. The maximum Gasteiger partial charge on any atom is 0.358 e. The summed E-state index contributed by atoms with van der Waals surface area (Å²) in [6, 6.07) is 1.96. The minimum Gasteiger partial charge on any atom is -0.448 e. The first-order valence-corrected chi connectivity index (χ1v) is 6.22. The number of thiazole rings is 1. The van der Waals surface area contributed by atoms with Crippen LogP contribution in [0.1, 0.15) is 10.5 Å². The second-order valence-corrected chi connectivity index (χ2v) is 4.47. The quantitative estimate of drug-likeness (QED) is 0.620. The van der Waals surface area contributed by atoms with E-state index in [0.717, 1.165) is 10.6 Å². The summed E-state index contributed by atoms with van der Waals surface area (Å²) in [5.74, 6) is 1.76. The number of esters is 1. The average Bonchev–Trinajstić information content (AvgIpc) is 2.94. The van der Waals surface area contributed by atoms with Crippen molar-refractivity contribution in [3.8, 4) is 22.9 Å². The van der Waals surface area contributed by atoms with Gasteiger partial charge >= 0.3 is 5.97 Å². The van der Waals surface area contributed by atoms with Crippen LogP contribution < -0.4 is 0 Å². The van der Waals surface area contributed by atoms with Crippen molar-refractivity contribution in [1.29, 1.82) is 0 Å². The van der Waals surface area contributed by atoms with E-state index in [1.165, 1.54) is 11.3 Å². The van der Waals surface area contributed by atoms with Crippen molar-refractivity contribution in [2.45, 2.75) is 0 Å². The summed E-state index contributed by atoms with van der Waals surface area (Å²) in [4.78, 5) is 15.6. The molecule has 2 aromatic heterocycles. The van der Waals surface area contributed by atoms with Crippen LogP contribution in [0, 0.1) is 12.3 Å². The van der Waals surface area contributed by atoms with E-state index in [0.29, 0.717) is 5.69 Å². The zero-order valence-electron chi connectivity index (χ0n) is 8.17. The minimum atomic E-state index is -0.476. The van der Waals surface area contributed by atoms with Crippen LogP contribution in [-0.4, -0.2) is 17.6 Å². The number of rotatable bonds is 3. The minimum absolute atomic E-state index is 0.0237. The lowest BCUT2D eigenvalue weighted by Gasteiger charge is -1.95. The van der Waals surface area contributed by atoms with Crippen LogP contribution in [0.2, 0.25) is 0 Å². The molecule has 0 aliphatic rings. The Kier molecular flexibility index (Phi) is 3.34. The highest BCUT2D eigenvalue weighted by Gasteiger charge is 2.12. The third-order valence-electron chi connectivity index (χ3n) is 1.77. The van der Waals surface area contributed by atoms with E-state index in [2.05, 4.69) is 10.9 Å². The van der Waals surface area contributed by atoms with Gasteiger partial charge in [-0.05, 0) is 11.4 Å². The number of aromatic nitrogens is 1. The second kappa shape index (κ2) is 4.92. The normalized spacial score (nSPS) is 9.69. The zero-order valence-corrected chi connectivity index (χ0v) is 9.81. The molecular formula is C11H7NO2S2. The summed E-state index contributed by atoms with van der Waals surface area (Å²) in [6.07, 6.45) is 4.99. The summed E-state index contributed by atoms with van der Waals surface area (Å²) >= 11 is 3.00. The van der Waals surface area contributed by atoms with Gasteiger partial charge in [0.2, 0.25) is 0 Å². The molecule has 0 aliphatic heterocycles. The molecule has 0 saturated carbocycles. The number of terminal acetylenes is 1. The largest absolute Gasteiger partial charge is 0.448 e. The molecule has 0 amide bonds. The SMILES string of the molecule is C#CCOC(=O)c1csc(-c2ccsc2)n1. The molecular weight excluding hydrogens is 242 g/mol. The maximum atomic E-state index is 11.4. The van der Waals surface area contributed by atoms with Crippen molar-refractivity contribution >= 4 is 28.6 Å². The van der Waals surface area contributed by atoms with E-state index < -0.39 is 5.97 Å². The summed E-state index contributed by atoms with van der Waals surface area (Å²) in [6.45, 7) is -0.0237. The maximum absolute atomic E-state index is 11.4. The van der Waals surface area contributed by atoms with Gasteiger partial charge < -0.3 is 4.74 Å². The van der Waals surface area contributed by atoms with E-state index in [1.54, 1.807) is 16.7 Å². The third kappa shape index (κ3) is 2.30. The van der Waals surface area contributed by atoms with Crippen LogP contribution in [0.5, 0.6) is 0 Å². The van der Waals surface area contributed by atoms with Crippen LogP contribution in [0.15, 0.2) is 22.2 Å². The van der Waals surface area contributed by atoms with Gasteiger partial charge in [-0.2, -0.15) is 11.3 Å². The smallest absolute Gasteiger partial charge is 0.358 e. The molecule has 2 heterocycles. The number of hydrogen-bond donors (Lipinski definition) is 0. The Morgan fingerprint density at radius 1 is 1.56 bits per heavy atom. The summed E-state index contributed by atoms with van der Waals surface area (Å²) in [5, 5.41) is 6.43. The van der Waals surface area contributed by atoms with Gasteiger partial charge in [0, 0.05) is 16.3 Å². The number of carbonyl (C=O) groups is 1. The molecule has 0 aliphatic carbocycles. The molecule has 0 radical (unpaired) electrons. The molecule has 0 atom stereocenters. The van der Waals surface area contributed by atoms with Gasteiger partial charge in [-0.15, -0.1) is 17.8 Å². The number of ether oxygens (including phenoxy) is 1. The number of carbonyl (C=O) groups excluding carboxylic acids is 1. The molecule has 0 saturated heterocycles. The zero-order chi connectivity index (χ0) is 11.4. The Morgan fingerprint density at radius 3 is 3.12 bits per heavy atom. The number of nitrogens with zero attached hydrogens (tertiary/aromatic N) is 1. The Morgan fingerprint density at radius 2 is 2.44 bits per heavy atom. The molecule has 5 heteroatoms. The lowest BCUT2D eigenvalue weighted by Crippen LogP contribution is -2.05. The molecule has 0 fully saturated rings. The first kappa shape index (κ1) is 10.9. The van der Waals surface area contributed by atoms with Crippen LogP contribution in [0.25, 0.3) is 10.6 Å². The second-order valence-electron chi connectivity index (χ2n) is 2.83. The molecule has 0 aromatic carbocycles. The Bertz CT molecular complexity index is 522. The van der Waals surface area contributed by atoms with Crippen molar-refractivity contribution in [1.82, 2.24) is 4.98 Å². The Labute approximate surface area is 101 Å². The first-order chi connectivity index (χ1) is 7.81. The molecule has 80 valence electrons. The van der Waals surface area contributed by atoms with E-state index in [1.807, 2.05) is 16.8 Å². The van der Waals surface area contributed by atoms with Crippen molar-refractivity contribution in [2.24, 2.45) is 0 Å². The fraction of sp³-hybridized carbons (Fsp3) is 0.0909. The fourth-order valence-electron chi connectivity index (χ4n) is 1.07. The standard InChI is InChI=1S/C11H7NO2S2/c1-2-4-14-11(13)9-7-16-10(12-9)8-3-5-15-6-8/h1,3,5-7H,4H2. The fourth-order valence-corrected chi connectivity index (χ4v) is 2.57. The van der Waals surface area contributed by atoms with Crippen LogP contribution in [0.3, 0.4) is 0 Å². The molecule has 0 unspecified atom stereocenters. The third-order valence-corrected chi connectivity index (χ3v) is 3.34. The average molecular weight is 249 g/mol. The van der Waals surface area contributed by atoms with Crippen LogP contribution >= 0.6 is 22.7 Å². The van der Waals surface area contributed by atoms with E-state index in [-0.39, 0.29) is 6.61 Å². The van der Waals surface area contributed by atoms with Crippen molar-refractivity contribution in [3.63, 3.8) is 0 Å².